The van der Waals surface area contributed by atoms with Gasteiger partial charge in [0.05, 0.1) is 11.7 Å². The lowest BCUT2D eigenvalue weighted by molar-refractivity contribution is 0.383. The zero-order valence-corrected chi connectivity index (χ0v) is 19.5. The van der Waals surface area contributed by atoms with Crippen LogP contribution in [-0.4, -0.2) is 10.1 Å². The van der Waals surface area contributed by atoms with Gasteiger partial charge in [-0.25, -0.2) is 0 Å². The third-order valence-electron chi connectivity index (χ3n) is 5.06. The summed E-state index contributed by atoms with van der Waals surface area (Å²) in [5, 5.41) is 4.95. The van der Waals surface area contributed by atoms with Crippen LogP contribution in [0, 0.1) is 0 Å². The molecule has 2 aromatic heterocycles. The molecule has 2 aromatic carbocycles. The third-order valence-corrected chi connectivity index (χ3v) is 6.83. The highest BCUT2D eigenvalue weighted by Crippen LogP contribution is 2.43. The van der Waals surface area contributed by atoms with Gasteiger partial charge in [-0.15, -0.1) is 0 Å². The van der Waals surface area contributed by atoms with E-state index in [-0.39, 0.29) is 12.1 Å². The van der Waals surface area contributed by atoms with Gasteiger partial charge in [-0.1, -0.05) is 52.0 Å². The zero-order chi connectivity index (χ0) is 21.2. The summed E-state index contributed by atoms with van der Waals surface area (Å²) in [5.74, 6) is 0.837. The predicted octanol–water partition coefficient (Wildman–Crippen LogP) is 6.77. The van der Waals surface area contributed by atoms with Gasteiger partial charge in [-0.05, 0) is 72.9 Å². The van der Waals surface area contributed by atoms with Crippen LogP contribution >= 0.6 is 39.9 Å². The van der Waals surface area contributed by atoms with E-state index in [2.05, 4.69) is 55.4 Å². The Morgan fingerprint density at radius 1 is 0.935 bits per heavy atom. The van der Waals surface area contributed by atoms with E-state index in [0.717, 1.165) is 31.6 Å². The minimum atomic E-state index is -0.159. The average molecular weight is 508 g/mol. The van der Waals surface area contributed by atoms with Crippen molar-refractivity contribution in [3.63, 3.8) is 0 Å². The summed E-state index contributed by atoms with van der Waals surface area (Å²) >= 11 is 10.9. The molecule has 31 heavy (non-hydrogen) atoms. The van der Waals surface area contributed by atoms with Crippen LogP contribution in [0.2, 0.25) is 0 Å². The van der Waals surface area contributed by atoms with Crippen LogP contribution in [0.4, 0.5) is 5.69 Å². The molecule has 1 saturated heterocycles. The molecule has 4 aromatic rings. The highest BCUT2D eigenvalue weighted by atomic mass is 79.9. The van der Waals surface area contributed by atoms with Gasteiger partial charge in [0.1, 0.15) is 11.8 Å². The number of anilines is 1. The van der Waals surface area contributed by atoms with Gasteiger partial charge < -0.3 is 14.6 Å². The number of hydrogen-bond donors (Lipinski definition) is 1. The van der Waals surface area contributed by atoms with Gasteiger partial charge in [0.2, 0.25) is 0 Å². The third kappa shape index (κ3) is 4.26. The number of pyridine rings is 1. The molecule has 3 heterocycles. The molecule has 2 atom stereocenters. The van der Waals surface area contributed by atoms with E-state index in [9.17, 15) is 0 Å². The quantitative estimate of drug-likeness (QED) is 0.300. The van der Waals surface area contributed by atoms with Crippen LogP contribution < -0.4 is 10.2 Å². The topological polar surface area (TPSA) is 41.3 Å². The molecule has 0 unspecified atom stereocenters. The number of aromatic nitrogens is 1. The molecule has 1 fully saturated rings. The van der Waals surface area contributed by atoms with E-state index in [0.29, 0.717) is 5.11 Å². The van der Waals surface area contributed by atoms with Gasteiger partial charge in [0.25, 0.3) is 0 Å². The van der Waals surface area contributed by atoms with E-state index in [1.54, 1.807) is 18.0 Å². The Morgan fingerprint density at radius 3 is 2.45 bits per heavy atom. The molecule has 1 aliphatic heterocycles. The number of nitrogens with one attached hydrogen (secondary N) is 1. The van der Waals surface area contributed by atoms with Crippen molar-refractivity contribution in [2.45, 2.75) is 22.1 Å². The molecule has 0 bridgehead atoms. The molecular weight excluding hydrogens is 490 g/mol. The molecule has 4 nitrogen and oxygen atoms in total. The summed E-state index contributed by atoms with van der Waals surface area (Å²) in [5.41, 5.74) is 1.92. The van der Waals surface area contributed by atoms with Crippen molar-refractivity contribution in [2.75, 3.05) is 4.90 Å². The van der Waals surface area contributed by atoms with E-state index >= 15 is 0 Å². The number of hydrogen-bond acceptors (Lipinski definition) is 4. The lowest BCUT2D eigenvalue weighted by atomic mass is 10.0. The first-order chi connectivity index (χ1) is 15.2. The Kier molecular flexibility index (Phi) is 5.80. The molecule has 0 amide bonds. The average Bonchev–Trinajstić information content (AvgIpc) is 3.40. The first kappa shape index (κ1) is 20.3. The van der Waals surface area contributed by atoms with Gasteiger partial charge in [-0.3, -0.25) is 4.98 Å². The number of thiocarbonyl (C=S) groups is 1. The molecule has 0 saturated carbocycles. The van der Waals surface area contributed by atoms with Crippen molar-refractivity contribution in [3.05, 3.63) is 107 Å². The summed E-state index contributed by atoms with van der Waals surface area (Å²) in [4.78, 5) is 7.83. The van der Waals surface area contributed by atoms with E-state index in [1.165, 1.54) is 0 Å². The standard InChI is InChI=1S/C24H18BrN3OS2/c25-16-9-11-17(12-10-16)28-23(22(27-24(28)30)19-8-4-5-15-26-19)20-13-14-21(29-20)31-18-6-2-1-3-7-18/h1-15,22-23H,(H,27,30)/t22-,23+/m1/s1. The number of benzene rings is 2. The van der Waals surface area contributed by atoms with E-state index in [1.807, 2.05) is 60.7 Å². The highest BCUT2D eigenvalue weighted by molar-refractivity contribution is 9.10. The number of halogens is 1. The van der Waals surface area contributed by atoms with Crippen molar-refractivity contribution in [2.24, 2.45) is 0 Å². The molecule has 7 heteroatoms. The summed E-state index contributed by atoms with van der Waals surface area (Å²) in [6.45, 7) is 0. The SMILES string of the molecule is S=C1N[C@H](c2ccccn2)[C@H](c2ccc(Sc3ccccc3)o2)N1c1ccc(Br)cc1. The van der Waals surface area contributed by atoms with Crippen LogP contribution in [0.15, 0.2) is 110 Å². The van der Waals surface area contributed by atoms with Crippen LogP contribution in [0.25, 0.3) is 0 Å². The smallest absolute Gasteiger partial charge is 0.174 e. The summed E-state index contributed by atoms with van der Waals surface area (Å²) in [6.07, 6.45) is 1.80. The second kappa shape index (κ2) is 8.86. The maximum atomic E-state index is 6.33. The largest absolute Gasteiger partial charge is 0.452 e. The van der Waals surface area contributed by atoms with Crippen LogP contribution in [-0.2, 0) is 0 Å². The van der Waals surface area contributed by atoms with Crippen molar-refractivity contribution in [1.29, 1.82) is 0 Å². The zero-order valence-electron chi connectivity index (χ0n) is 16.3. The summed E-state index contributed by atoms with van der Waals surface area (Å²) in [7, 11) is 0. The molecule has 5 rings (SSSR count). The fourth-order valence-electron chi connectivity index (χ4n) is 3.68. The first-order valence-electron chi connectivity index (χ1n) is 9.78. The number of furan rings is 1. The Bertz CT molecular complexity index is 1180. The second-order valence-electron chi connectivity index (χ2n) is 7.04. The normalized spacial score (nSPS) is 18.2. The Hall–Kier alpha value is -2.61. The fraction of sp³-hybridized carbons (Fsp3) is 0.0833. The maximum Gasteiger partial charge on any atom is 0.174 e. The second-order valence-corrected chi connectivity index (χ2v) is 9.43. The number of rotatable bonds is 5. The molecule has 0 radical (unpaired) electrons. The Morgan fingerprint density at radius 2 is 1.71 bits per heavy atom. The predicted molar refractivity (Wildman–Crippen MR) is 131 cm³/mol. The Balaban J connectivity index is 1.53. The van der Waals surface area contributed by atoms with E-state index in [4.69, 9.17) is 16.6 Å². The molecule has 1 N–H and O–H groups in total. The summed E-state index contributed by atoms with van der Waals surface area (Å²) in [6, 6.07) is 28.0. The first-order valence-corrected chi connectivity index (χ1v) is 11.8. The molecule has 0 aliphatic carbocycles. The number of nitrogens with zero attached hydrogens (tertiary/aromatic N) is 2. The minimum Gasteiger partial charge on any atom is -0.452 e. The van der Waals surface area contributed by atoms with Crippen LogP contribution in [0.3, 0.4) is 0 Å². The van der Waals surface area contributed by atoms with Gasteiger partial charge in [-0.2, -0.15) is 0 Å². The van der Waals surface area contributed by atoms with Crippen molar-refractivity contribution in [1.82, 2.24) is 10.3 Å². The molecule has 1 aliphatic rings. The van der Waals surface area contributed by atoms with Crippen LogP contribution in [0.1, 0.15) is 23.5 Å². The van der Waals surface area contributed by atoms with Crippen molar-refractivity contribution >= 4 is 50.7 Å². The minimum absolute atomic E-state index is 0.127. The lowest BCUT2D eigenvalue weighted by Crippen LogP contribution is -2.29. The molecule has 0 spiro atoms. The van der Waals surface area contributed by atoms with Crippen molar-refractivity contribution < 1.29 is 4.42 Å². The van der Waals surface area contributed by atoms with Gasteiger partial charge >= 0.3 is 0 Å². The maximum absolute atomic E-state index is 6.33. The van der Waals surface area contributed by atoms with Crippen LogP contribution in [0.5, 0.6) is 0 Å². The lowest BCUT2D eigenvalue weighted by Gasteiger charge is -2.26. The monoisotopic (exact) mass is 507 g/mol. The van der Waals surface area contributed by atoms with Crippen molar-refractivity contribution in [3.8, 4) is 0 Å². The molecule has 154 valence electrons. The Labute approximate surface area is 198 Å². The molecular formula is C24H18BrN3OS2. The summed E-state index contributed by atoms with van der Waals surface area (Å²) < 4.78 is 7.35. The van der Waals surface area contributed by atoms with E-state index < -0.39 is 0 Å². The highest BCUT2D eigenvalue weighted by Gasteiger charge is 2.42. The van der Waals surface area contributed by atoms with Gasteiger partial charge in [0.15, 0.2) is 10.2 Å². The van der Waals surface area contributed by atoms with Gasteiger partial charge in [0, 0.05) is 21.3 Å². The fourth-order valence-corrected chi connectivity index (χ4v) is 5.09.